The fourth-order valence-corrected chi connectivity index (χ4v) is 1.91. The molecule has 0 radical (unpaired) electrons. The van der Waals surface area contributed by atoms with Crippen molar-refractivity contribution in [2.24, 2.45) is 5.73 Å². The highest BCUT2D eigenvalue weighted by Crippen LogP contribution is 2.24. The van der Waals surface area contributed by atoms with E-state index in [0.29, 0.717) is 19.8 Å². The Morgan fingerprint density at radius 2 is 1.57 bits per heavy atom. The van der Waals surface area contributed by atoms with Gasteiger partial charge >= 0.3 is 0 Å². The van der Waals surface area contributed by atoms with Gasteiger partial charge in [0.2, 0.25) is 0 Å². The molecule has 0 saturated heterocycles. The van der Waals surface area contributed by atoms with Crippen LogP contribution in [0.1, 0.15) is 11.1 Å². The summed E-state index contributed by atoms with van der Waals surface area (Å²) in [4.78, 5) is 0. The second-order valence-corrected chi connectivity index (χ2v) is 4.69. The lowest BCUT2D eigenvalue weighted by atomic mass is 10.2. The molecule has 0 atom stereocenters. The van der Waals surface area contributed by atoms with E-state index in [1.807, 2.05) is 49.4 Å². The van der Waals surface area contributed by atoms with Crippen molar-refractivity contribution >= 4 is 0 Å². The third-order valence-electron chi connectivity index (χ3n) is 3.12. The molecule has 2 N–H and O–H groups in total. The molecule has 0 amide bonds. The average Bonchev–Trinajstić information content (AvgIpc) is 2.53. The van der Waals surface area contributed by atoms with Crippen molar-refractivity contribution in [2.75, 3.05) is 20.3 Å². The minimum atomic E-state index is 0.429. The molecule has 4 heteroatoms. The van der Waals surface area contributed by atoms with Gasteiger partial charge in [0.05, 0.1) is 7.11 Å². The Bertz CT molecular complexity index is 567. The zero-order valence-corrected chi connectivity index (χ0v) is 12.5. The average molecular weight is 287 g/mol. The summed E-state index contributed by atoms with van der Waals surface area (Å²) in [5.74, 6) is 2.33. The fourth-order valence-electron chi connectivity index (χ4n) is 1.91. The van der Waals surface area contributed by atoms with E-state index < -0.39 is 0 Å². The Labute approximate surface area is 125 Å². The van der Waals surface area contributed by atoms with Crippen LogP contribution >= 0.6 is 0 Å². The van der Waals surface area contributed by atoms with Crippen molar-refractivity contribution in [3.63, 3.8) is 0 Å². The van der Waals surface area contributed by atoms with Crippen molar-refractivity contribution in [2.45, 2.75) is 13.5 Å². The molecule has 0 aliphatic carbocycles. The van der Waals surface area contributed by atoms with Crippen LogP contribution in [-0.4, -0.2) is 20.3 Å². The molecule has 0 fully saturated rings. The first-order chi connectivity index (χ1) is 10.2. The third kappa shape index (κ3) is 4.39. The van der Waals surface area contributed by atoms with Crippen molar-refractivity contribution in [3.05, 3.63) is 53.6 Å². The van der Waals surface area contributed by atoms with Crippen molar-refractivity contribution in [1.29, 1.82) is 0 Å². The zero-order chi connectivity index (χ0) is 15.1. The predicted octanol–water partition coefficient (Wildman–Crippen LogP) is 2.92. The maximum atomic E-state index is 5.73. The molecule has 0 aliphatic heterocycles. The van der Waals surface area contributed by atoms with Gasteiger partial charge in [-0.2, -0.15) is 0 Å². The summed E-state index contributed by atoms with van der Waals surface area (Å²) >= 11 is 0. The minimum absolute atomic E-state index is 0.429. The van der Waals surface area contributed by atoms with Crippen molar-refractivity contribution in [1.82, 2.24) is 0 Å². The molecule has 0 bridgehead atoms. The Balaban J connectivity index is 1.86. The van der Waals surface area contributed by atoms with Crippen LogP contribution in [0.25, 0.3) is 0 Å². The van der Waals surface area contributed by atoms with Gasteiger partial charge in [0.25, 0.3) is 0 Å². The molecular weight excluding hydrogens is 266 g/mol. The minimum Gasteiger partial charge on any atom is -0.497 e. The van der Waals surface area contributed by atoms with Crippen molar-refractivity contribution < 1.29 is 14.2 Å². The van der Waals surface area contributed by atoms with Gasteiger partial charge in [-0.15, -0.1) is 0 Å². The number of aryl methyl sites for hydroxylation is 1. The van der Waals surface area contributed by atoms with Crippen LogP contribution in [0.5, 0.6) is 17.2 Å². The molecule has 4 nitrogen and oxygen atoms in total. The molecule has 2 aromatic rings. The topological polar surface area (TPSA) is 53.7 Å². The van der Waals surface area contributed by atoms with Gasteiger partial charge in [0.1, 0.15) is 30.5 Å². The maximum absolute atomic E-state index is 5.73. The molecular formula is C17H21NO3. The van der Waals surface area contributed by atoms with Crippen LogP contribution in [0, 0.1) is 6.92 Å². The van der Waals surface area contributed by atoms with Crippen LogP contribution in [0.3, 0.4) is 0 Å². The summed E-state index contributed by atoms with van der Waals surface area (Å²) in [7, 11) is 1.63. The molecule has 0 aromatic heterocycles. The van der Waals surface area contributed by atoms with E-state index in [1.165, 1.54) is 5.56 Å². The zero-order valence-electron chi connectivity index (χ0n) is 12.5. The standard InChI is InChI=1S/C17H21NO3/c1-13-3-6-15(7-4-13)20-9-10-21-17-11-16(19-2)8-5-14(17)12-18/h3-8,11H,9-10,12,18H2,1-2H3. The lowest BCUT2D eigenvalue weighted by Gasteiger charge is -2.12. The highest BCUT2D eigenvalue weighted by Gasteiger charge is 2.04. The van der Waals surface area contributed by atoms with E-state index in [-0.39, 0.29) is 0 Å². The SMILES string of the molecule is COc1ccc(CN)c(OCCOc2ccc(C)cc2)c1. The summed E-state index contributed by atoms with van der Waals surface area (Å²) in [5.41, 5.74) is 7.86. The maximum Gasteiger partial charge on any atom is 0.127 e. The summed E-state index contributed by atoms with van der Waals surface area (Å²) < 4.78 is 16.5. The molecule has 0 aliphatic rings. The fraction of sp³-hybridized carbons (Fsp3) is 0.294. The van der Waals surface area contributed by atoms with Gasteiger partial charge in [-0.25, -0.2) is 0 Å². The van der Waals surface area contributed by atoms with Crippen LogP contribution in [0.2, 0.25) is 0 Å². The summed E-state index contributed by atoms with van der Waals surface area (Å²) in [6, 6.07) is 13.6. The number of ether oxygens (including phenoxy) is 3. The number of nitrogens with two attached hydrogens (primary N) is 1. The summed E-state index contributed by atoms with van der Waals surface area (Å²) in [6.07, 6.45) is 0. The van der Waals surface area contributed by atoms with E-state index in [9.17, 15) is 0 Å². The van der Waals surface area contributed by atoms with Crippen molar-refractivity contribution in [3.8, 4) is 17.2 Å². The lowest BCUT2D eigenvalue weighted by Crippen LogP contribution is -2.11. The first-order valence-electron chi connectivity index (χ1n) is 6.92. The Kier molecular flexibility index (Phi) is 5.46. The Hall–Kier alpha value is -2.20. The number of benzene rings is 2. The van der Waals surface area contributed by atoms with E-state index in [1.54, 1.807) is 7.11 Å². The van der Waals surface area contributed by atoms with Crippen LogP contribution in [0.15, 0.2) is 42.5 Å². The smallest absolute Gasteiger partial charge is 0.127 e. The molecule has 2 rings (SSSR count). The second-order valence-electron chi connectivity index (χ2n) is 4.69. The molecule has 2 aromatic carbocycles. The predicted molar refractivity (Wildman–Crippen MR) is 83.1 cm³/mol. The molecule has 0 unspecified atom stereocenters. The van der Waals surface area contributed by atoms with Gasteiger partial charge in [-0.3, -0.25) is 0 Å². The van der Waals surface area contributed by atoms with E-state index in [2.05, 4.69) is 0 Å². The number of methoxy groups -OCH3 is 1. The number of rotatable bonds is 7. The molecule has 112 valence electrons. The monoisotopic (exact) mass is 287 g/mol. The first kappa shape index (κ1) is 15.2. The normalized spacial score (nSPS) is 10.2. The largest absolute Gasteiger partial charge is 0.497 e. The van der Waals surface area contributed by atoms with Crippen LogP contribution in [0.4, 0.5) is 0 Å². The van der Waals surface area contributed by atoms with Gasteiger partial charge in [-0.05, 0) is 25.1 Å². The summed E-state index contributed by atoms with van der Waals surface area (Å²) in [6.45, 7) is 3.40. The van der Waals surface area contributed by atoms with Gasteiger partial charge < -0.3 is 19.9 Å². The molecule has 0 heterocycles. The van der Waals surface area contributed by atoms with Gasteiger partial charge in [-0.1, -0.05) is 23.8 Å². The molecule has 21 heavy (non-hydrogen) atoms. The molecule has 0 spiro atoms. The van der Waals surface area contributed by atoms with E-state index in [0.717, 1.165) is 22.8 Å². The lowest BCUT2D eigenvalue weighted by molar-refractivity contribution is 0.215. The quantitative estimate of drug-likeness (QED) is 0.796. The highest BCUT2D eigenvalue weighted by atomic mass is 16.5. The van der Waals surface area contributed by atoms with Gasteiger partial charge in [0.15, 0.2) is 0 Å². The Morgan fingerprint density at radius 1 is 0.905 bits per heavy atom. The summed E-state index contributed by atoms with van der Waals surface area (Å²) in [5, 5.41) is 0. The Morgan fingerprint density at radius 3 is 2.24 bits per heavy atom. The van der Waals surface area contributed by atoms with Crippen LogP contribution < -0.4 is 19.9 Å². The second kappa shape index (κ2) is 7.55. The highest BCUT2D eigenvalue weighted by molar-refractivity contribution is 5.40. The van der Waals surface area contributed by atoms with E-state index in [4.69, 9.17) is 19.9 Å². The number of hydrogen-bond acceptors (Lipinski definition) is 4. The first-order valence-corrected chi connectivity index (χ1v) is 6.92. The molecule has 0 saturated carbocycles. The van der Waals surface area contributed by atoms with E-state index >= 15 is 0 Å². The third-order valence-corrected chi connectivity index (χ3v) is 3.12. The van der Waals surface area contributed by atoms with Crippen LogP contribution in [-0.2, 0) is 6.54 Å². The number of hydrogen-bond donors (Lipinski definition) is 1. The van der Waals surface area contributed by atoms with Gasteiger partial charge in [0, 0.05) is 18.2 Å².